The molecule has 3 rings (SSSR count). The van der Waals surface area contributed by atoms with Gasteiger partial charge in [-0.15, -0.1) is 0 Å². The third-order valence-electron chi connectivity index (χ3n) is 4.64. The average molecular weight is 401 g/mol. The highest BCUT2D eigenvalue weighted by Gasteiger charge is 2.44. The normalized spacial score (nSPS) is 15.2. The fraction of sp³-hybridized carbons (Fsp3) is 0.300. The summed E-state index contributed by atoms with van der Waals surface area (Å²) in [6.45, 7) is 7.79. The van der Waals surface area contributed by atoms with Crippen molar-refractivity contribution in [3.63, 3.8) is 0 Å². The molecule has 2 aromatic rings. The van der Waals surface area contributed by atoms with Crippen LogP contribution in [0.15, 0.2) is 40.9 Å². The predicted molar refractivity (Wildman–Crippen MR) is 104 cm³/mol. The van der Waals surface area contributed by atoms with E-state index in [-0.39, 0.29) is 18.4 Å². The van der Waals surface area contributed by atoms with Crippen molar-refractivity contribution in [1.29, 1.82) is 0 Å². The van der Waals surface area contributed by atoms with Gasteiger partial charge in [-0.1, -0.05) is 33.6 Å². The lowest BCUT2D eigenvalue weighted by atomic mass is 9.85. The van der Waals surface area contributed by atoms with Gasteiger partial charge in [0.2, 0.25) is 11.8 Å². The number of fused-ring (bicyclic) bond motifs is 1. The Morgan fingerprint density at radius 3 is 2.56 bits per heavy atom. The highest BCUT2D eigenvalue weighted by atomic mass is 79.9. The maximum atomic E-state index is 12.8. The van der Waals surface area contributed by atoms with Crippen LogP contribution in [0.25, 0.3) is 0 Å². The van der Waals surface area contributed by atoms with Crippen molar-refractivity contribution in [2.45, 2.75) is 33.1 Å². The minimum Gasteiger partial charge on any atom is -0.325 e. The Morgan fingerprint density at radius 1 is 1.16 bits per heavy atom. The lowest BCUT2D eigenvalue weighted by molar-refractivity contribution is -0.124. The first-order valence-corrected chi connectivity index (χ1v) is 8.98. The molecule has 130 valence electrons. The third kappa shape index (κ3) is 3.21. The largest absolute Gasteiger partial charge is 0.325 e. The van der Waals surface area contributed by atoms with Gasteiger partial charge in [-0.05, 0) is 63.1 Å². The smallest absolute Gasteiger partial charge is 0.244 e. The summed E-state index contributed by atoms with van der Waals surface area (Å²) in [5, 5.41) is 2.87. The molecule has 0 aromatic heterocycles. The third-order valence-corrected chi connectivity index (χ3v) is 5.53. The van der Waals surface area contributed by atoms with E-state index < -0.39 is 5.41 Å². The highest BCUT2D eigenvalue weighted by molar-refractivity contribution is 9.10. The molecular formula is C20H21BrN2O2. The zero-order valence-corrected chi connectivity index (χ0v) is 16.4. The van der Waals surface area contributed by atoms with E-state index in [2.05, 4.69) is 21.2 Å². The number of anilines is 2. The number of carbonyl (C=O) groups excluding carboxylic acids is 2. The summed E-state index contributed by atoms with van der Waals surface area (Å²) in [5.41, 5.74) is 4.05. The van der Waals surface area contributed by atoms with Crippen LogP contribution in [0.2, 0.25) is 0 Å². The lowest BCUT2D eigenvalue weighted by Crippen LogP contribution is -2.40. The lowest BCUT2D eigenvalue weighted by Gasteiger charge is -2.20. The van der Waals surface area contributed by atoms with Crippen LogP contribution in [0.5, 0.6) is 0 Å². The molecule has 0 atom stereocenters. The molecular weight excluding hydrogens is 380 g/mol. The van der Waals surface area contributed by atoms with E-state index in [4.69, 9.17) is 0 Å². The molecule has 0 saturated heterocycles. The van der Waals surface area contributed by atoms with E-state index in [1.807, 2.05) is 64.1 Å². The van der Waals surface area contributed by atoms with Gasteiger partial charge in [0, 0.05) is 15.8 Å². The van der Waals surface area contributed by atoms with E-state index in [1.54, 1.807) is 4.90 Å². The number of amides is 2. The summed E-state index contributed by atoms with van der Waals surface area (Å²) in [7, 11) is 0. The molecule has 2 amide bonds. The molecule has 25 heavy (non-hydrogen) atoms. The number of nitrogens with zero attached hydrogens (tertiary/aromatic N) is 1. The van der Waals surface area contributed by atoms with Crippen molar-refractivity contribution in [2.24, 2.45) is 0 Å². The maximum absolute atomic E-state index is 12.8. The monoisotopic (exact) mass is 400 g/mol. The molecule has 5 heteroatoms. The van der Waals surface area contributed by atoms with Gasteiger partial charge < -0.3 is 10.2 Å². The second kappa shape index (κ2) is 6.30. The highest BCUT2D eigenvalue weighted by Crippen LogP contribution is 2.41. The fourth-order valence-corrected chi connectivity index (χ4v) is 3.42. The average Bonchev–Trinajstić information content (AvgIpc) is 2.72. The van der Waals surface area contributed by atoms with E-state index >= 15 is 0 Å². The van der Waals surface area contributed by atoms with Crippen LogP contribution < -0.4 is 10.2 Å². The van der Waals surface area contributed by atoms with Crippen molar-refractivity contribution in [1.82, 2.24) is 0 Å². The Morgan fingerprint density at radius 2 is 1.88 bits per heavy atom. The molecule has 2 aromatic carbocycles. The van der Waals surface area contributed by atoms with E-state index in [0.717, 1.165) is 32.5 Å². The summed E-state index contributed by atoms with van der Waals surface area (Å²) in [6.07, 6.45) is 0. The zero-order valence-electron chi connectivity index (χ0n) is 14.8. The second-order valence-corrected chi connectivity index (χ2v) is 7.90. The molecule has 0 fully saturated rings. The van der Waals surface area contributed by atoms with Crippen LogP contribution in [-0.2, 0) is 15.0 Å². The van der Waals surface area contributed by atoms with Gasteiger partial charge in [-0.2, -0.15) is 0 Å². The van der Waals surface area contributed by atoms with Crippen molar-refractivity contribution in [3.05, 3.63) is 57.6 Å². The van der Waals surface area contributed by atoms with Crippen LogP contribution in [0, 0.1) is 13.8 Å². The van der Waals surface area contributed by atoms with Gasteiger partial charge in [0.25, 0.3) is 0 Å². The van der Waals surface area contributed by atoms with Crippen molar-refractivity contribution < 1.29 is 9.59 Å². The van der Waals surface area contributed by atoms with Crippen molar-refractivity contribution >= 4 is 39.1 Å². The number of halogens is 1. The van der Waals surface area contributed by atoms with Crippen molar-refractivity contribution in [3.8, 4) is 0 Å². The van der Waals surface area contributed by atoms with Crippen LogP contribution in [0.1, 0.15) is 30.5 Å². The molecule has 0 spiro atoms. The number of aryl methyl sites for hydroxylation is 2. The van der Waals surface area contributed by atoms with E-state index in [9.17, 15) is 9.59 Å². The Hall–Kier alpha value is -2.14. The number of carbonyl (C=O) groups is 2. The minimum absolute atomic E-state index is 0.00738. The maximum Gasteiger partial charge on any atom is 0.244 e. The van der Waals surface area contributed by atoms with Gasteiger partial charge in [0.1, 0.15) is 6.54 Å². The number of benzene rings is 2. The quantitative estimate of drug-likeness (QED) is 0.833. The SMILES string of the molecule is Cc1ccc2c(c1)C(C)(C)C(=O)N2CC(=O)Nc1ccc(Br)c(C)c1. The Kier molecular flexibility index (Phi) is 4.45. The van der Waals surface area contributed by atoms with Gasteiger partial charge >= 0.3 is 0 Å². The number of hydrogen-bond acceptors (Lipinski definition) is 2. The Bertz CT molecular complexity index is 874. The molecule has 0 unspecified atom stereocenters. The van der Waals surface area contributed by atoms with E-state index in [1.165, 1.54) is 0 Å². The zero-order chi connectivity index (χ0) is 18.4. The van der Waals surface area contributed by atoms with Gasteiger partial charge in [0.15, 0.2) is 0 Å². The molecule has 1 N–H and O–H groups in total. The Balaban J connectivity index is 1.82. The molecule has 1 aliphatic rings. The minimum atomic E-state index is -0.615. The summed E-state index contributed by atoms with van der Waals surface area (Å²) in [6, 6.07) is 11.6. The number of hydrogen-bond donors (Lipinski definition) is 1. The van der Waals surface area contributed by atoms with Gasteiger partial charge in [-0.25, -0.2) is 0 Å². The predicted octanol–water partition coefficient (Wildman–Crippen LogP) is 4.33. The standard InChI is InChI=1S/C20H21BrN2O2/c1-12-5-8-17-15(9-12)20(3,4)19(25)23(17)11-18(24)22-14-6-7-16(21)13(2)10-14/h5-10H,11H2,1-4H3,(H,22,24). The summed E-state index contributed by atoms with van der Waals surface area (Å²) < 4.78 is 0.992. The van der Waals surface area contributed by atoms with Crippen LogP contribution >= 0.6 is 15.9 Å². The Labute approximate surface area is 156 Å². The molecule has 0 bridgehead atoms. The molecule has 1 aliphatic heterocycles. The van der Waals surface area contributed by atoms with Crippen LogP contribution in [0.3, 0.4) is 0 Å². The first kappa shape index (κ1) is 17.7. The molecule has 0 aliphatic carbocycles. The second-order valence-electron chi connectivity index (χ2n) is 7.05. The molecule has 0 radical (unpaired) electrons. The van der Waals surface area contributed by atoms with E-state index in [0.29, 0.717) is 0 Å². The number of rotatable bonds is 3. The van der Waals surface area contributed by atoms with Crippen LogP contribution in [0.4, 0.5) is 11.4 Å². The first-order chi connectivity index (χ1) is 11.7. The van der Waals surface area contributed by atoms with Gasteiger partial charge in [0.05, 0.1) is 5.41 Å². The summed E-state index contributed by atoms with van der Waals surface area (Å²) >= 11 is 3.45. The topological polar surface area (TPSA) is 49.4 Å². The summed E-state index contributed by atoms with van der Waals surface area (Å²) in [4.78, 5) is 26.9. The van der Waals surface area contributed by atoms with Gasteiger partial charge in [-0.3, -0.25) is 9.59 Å². The molecule has 4 nitrogen and oxygen atoms in total. The summed E-state index contributed by atoms with van der Waals surface area (Å²) in [5.74, 6) is -0.255. The molecule has 0 saturated carbocycles. The molecule has 1 heterocycles. The first-order valence-electron chi connectivity index (χ1n) is 8.19. The van der Waals surface area contributed by atoms with Crippen molar-refractivity contribution in [2.75, 3.05) is 16.8 Å². The number of nitrogens with one attached hydrogen (secondary N) is 1. The fourth-order valence-electron chi connectivity index (χ4n) is 3.17. The van der Waals surface area contributed by atoms with Crippen LogP contribution in [-0.4, -0.2) is 18.4 Å².